The fourth-order valence-electron chi connectivity index (χ4n) is 5.64. The van der Waals surface area contributed by atoms with E-state index in [1.807, 2.05) is 32.9 Å². The molecule has 1 aromatic heterocycles. The highest BCUT2D eigenvalue weighted by molar-refractivity contribution is 5.91. The average molecular weight is 566 g/mol. The minimum atomic E-state index is -0.728. The smallest absolute Gasteiger partial charge is 0.416 e. The van der Waals surface area contributed by atoms with Crippen LogP contribution in [0.5, 0.6) is 0 Å². The molecule has 12 heteroatoms. The number of hydrogen-bond donors (Lipinski definition) is 0. The predicted octanol–water partition coefficient (Wildman–Crippen LogP) is 4.70. The quantitative estimate of drug-likeness (QED) is 0.472. The van der Waals surface area contributed by atoms with Gasteiger partial charge in [-0.3, -0.25) is 9.80 Å². The normalized spacial score (nSPS) is 25.3. The van der Waals surface area contributed by atoms with Crippen molar-refractivity contribution in [3.8, 4) is 6.07 Å². The number of rotatable bonds is 5. The highest BCUT2D eigenvalue weighted by Gasteiger charge is 2.70. The summed E-state index contributed by atoms with van der Waals surface area (Å²) in [4.78, 5) is 42.6. The van der Waals surface area contributed by atoms with Crippen LogP contribution >= 0.6 is 0 Å². The molecule has 12 nitrogen and oxygen atoms in total. The number of piperidine rings is 1. The Morgan fingerprint density at radius 3 is 2.22 bits per heavy atom. The summed E-state index contributed by atoms with van der Waals surface area (Å²) in [5.74, 6) is 0.310. The van der Waals surface area contributed by atoms with Gasteiger partial charge in [-0.2, -0.15) is 5.26 Å². The van der Waals surface area contributed by atoms with E-state index in [2.05, 4.69) is 11.2 Å². The topological polar surface area (TPSA) is 138 Å². The molecule has 2 aliphatic heterocycles. The number of carbonyl (C=O) groups is 3. The number of anilines is 2. The number of nitrogens with zero attached hydrogens (tertiary/aromatic N) is 5. The van der Waals surface area contributed by atoms with Crippen molar-refractivity contribution in [1.29, 1.82) is 5.26 Å². The van der Waals surface area contributed by atoms with Crippen molar-refractivity contribution in [3.05, 3.63) is 42.2 Å². The number of carbonyl (C=O) groups excluding carboxylic acids is 3. The number of cyclic esters (lactones) is 1. The molecular formula is C29H35N5O7. The Kier molecular flexibility index (Phi) is 6.88. The molecule has 1 unspecified atom stereocenters. The van der Waals surface area contributed by atoms with Crippen molar-refractivity contribution in [2.24, 2.45) is 11.8 Å². The largest absolute Gasteiger partial charge is 0.444 e. The van der Waals surface area contributed by atoms with Crippen LogP contribution in [-0.4, -0.2) is 71.8 Å². The van der Waals surface area contributed by atoms with E-state index in [1.165, 1.54) is 22.1 Å². The lowest BCUT2D eigenvalue weighted by atomic mass is 9.91. The van der Waals surface area contributed by atoms with E-state index in [0.717, 1.165) is 5.56 Å². The van der Waals surface area contributed by atoms with E-state index in [-0.39, 0.29) is 36.8 Å². The Hall–Kier alpha value is -4.27. The number of fused-ring (bicyclic) bond motifs is 1. The first-order valence-electron chi connectivity index (χ1n) is 13.6. The Morgan fingerprint density at radius 2 is 1.68 bits per heavy atom. The van der Waals surface area contributed by atoms with Crippen LogP contribution in [0.2, 0.25) is 0 Å². The van der Waals surface area contributed by atoms with Crippen LogP contribution in [0.3, 0.4) is 0 Å². The van der Waals surface area contributed by atoms with Gasteiger partial charge in [-0.15, -0.1) is 0 Å². The number of hydrogen-bond acceptors (Lipinski definition) is 9. The monoisotopic (exact) mass is 565 g/mol. The minimum Gasteiger partial charge on any atom is -0.444 e. The standard InChI is InChI=1S/C29H35N5O7/c1-27(2,3)40-24(35)32-15-21-22(16-32)29(21,17-30)18-7-9-19(10-8-18)33-13-20(39-25(33)36)14-34(23-11-12-38-31-23)26(37)41-28(4,5)6/h7-12,20-22H,13-16H2,1-6H3/t20-,21-,22+,29?/m1/s1. The summed E-state index contributed by atoms with van der Waals surface area (Å²) in [5, 5.41) is 14.0. The summed E-state index contributed by atoms with van der Waals surface area (Å²) in [6.45, 7) is 11.9. The Morgan fingerprint density at radius 1 is 1.05 bits per heavy atom. The molecule has 2 saturated heterocycles. The fraction of sp³-hybridized carbons (Fsp3) is 0.552. The van der Waals surface area contributed by atoms with Gasteiger partial charge < -0.3 is 23.6 Å². The molecule has 3 amide bonds. The molecule has 0 spiro atoms. The van der Waals surface area contributed by atoms with Crippen molar-refractivity contribution in [3.63, 3.8) is 0 Å². The molecule has 218 valence electrons. The number of aromatic nitrogens is 1. The SMILES string of the molecule is CC(C)(C)OC(=O)N1C[C@@H]2[C@H](C1)C2(C#N)c1ccc(N2C[C@H](CN(C(=O)OC(C)(C)C)c3ccon3)OC2=O)cc1. The molecule has 41 heavy (non-hydrogen) atoms. The van der Waals surface area contributed by atoms with Gasteiger partial charge in [-0.1, -0.05) is 17.3 Å². The van der Waals surface area contributed by atoms with E-state index in [9.17, 15) is 19.6 Å². The first kappa shape index (κ1) is 28.3. The number of likely N-dealkylation sites (tertiary alicyclic amines) is 1. The summed E-state index contributed by atoms with van der Waals surface area (Å²) in [6.07, 6.45) is -0.829. The van der Waals surface area contributed by atoms with Gasteiger partial charge >= 0.3 is 18.3 Å². The molecule has 5 rings (SSSR count). The summed E-state index contributed by atoms with van der Waals surface area (Å²) in [5.41, 5.74) is -0.508. The number of ether oxygens (including phenoxy) is 3. The van der Waals surface area contributed by atoms with Crippen LogP contribution in [0.1, 0.15) is 47.1 Å². The molecular weight excluding hydrogens is 530 g/mol. The summed E-state index contributed by atoms with van der Waals surface area (Å²) < 4.78 is 21.5. The molecule has 2 aromatic rings. The second-order valence-corrected chi connectivity index (χ2v) is 12.7. The van der Waals surface area contributed by atoms with Gasteiger partial charge in [-0.05, 0) is 59.2 Å². The lowest BCUT2D eigenvalue weighted by Crippen LogP contribution is -2.42. The third-order valence-electron chi connectivity index (χ3n) is 7.45. The Labute approximate surface area is 238 Å². The molecule has 0 N–H and O–H groups in total. The maximum absolute atomic E-state index is 12.9. The lowest BCUT2D eigenvalue weighted by Gasteiger charge is -2.27. The van der Waals surface area contributed by atoms with Crippen molar-refractivity contribution < 1.29 is 33.1 Å². The molecule has 1 saturated carbocycles. The van der Waals surface area contributed by atoms with Crippen LogP contribution in [0.4, 0.5) is 25.9 Å². The van der Waals surface area contributed by atoms with E-state index in [1.54, 1.807) is 37.8 Å². The lowest BCUT2D eigenvalue weighted by molar-refractivity contribution is 0.0265. The van der Waals surface area contributed by atoms with Crippen molar-refractivity contribution in [2.75, 3.05) is 36.0 Å². The van der Waals surface area contributed by atoms with Gasteiger partial charge in [0.05, 0.1) is 24.6 Å². The summed E-state index contributed by atoms with van der Waals surface area (Å²) in [6, 6.07) is 11.3. The van der Waals surface area contributed by atoms with E-state index >= 15 is 0 Å². The van der Waals surface area contributed by atoms with Gasteiger partial charge in [0.25, 0.3) is 0 Å². The Bertz CT molecular complexity index is 1340. The summed E-state index contributed by atoms with van der Waals surface area (Å²) >= 11 is 0. The Balaban J connectivity index is 1.24. The average Bonchev–Trinajstić information content (AvgIpc) is 3.39. The van der Waals surface area contributed by atoms with Crippen LogP contribution in [-0.2, 0) is 19.6 Å². The highest BCUT2D eigenvalue weighted by atomic mass is 16.6. The van der Waals surface area contributed by atoms with Crippen LogP contribution in [0, 0.1) is 23.2 Å². The third-order valence-corrected chi connectivity index (χ3v) is 7.45. The zero-order chi connectivity index (χ0) is 29.7. The van der Waals surface area contributed by atoms with Gasteiger partial charge in [0.1, 0.15) is 23.6 Å². The summed E-state index contributed by atoms with van der Waals surface area (Å²) in [7, 11) is 0. The van der Waals surface area contributed by atoms with Crippen LogP contribution in [0.15, 0.2) is 41.1 Å². The van der Waals surface area contributed by atoms with Crippen LogP contribution in [0.25, 0.3) is 0 Å². The second kappa shape index (κ2) is 9.98. The predicted molar refractivity (Wildman–Crippen MR) is 146 cm³/mol. The number of benzene rings is 1. The van der Waals surface area contributed by atoms with Crippen molar-refractivity contribution >= 4 is 29.8 Å². The van der Waals surface area contributed by atoms with Gasteiger partial charge in [-0.25, -0.2) is 14.4 Å². The van der Waals surface area contributed by atoms with Gasteiger partial charge in [0.2, 0.25) is 0 Å². The zero-order valence-electron chi connectivity index (χ0n) is 24.1. The van der Waals surface area contributed by atoms with Crippen molar-refractivity contribution in [2.45, 2.75) is 64.3 Å². The molecule has 3 heterocycles. The molecule has 0 bridgehead atoms. The maximum atomic E-state index is 12.9. The molecule has 4 atom stereocenters. The molecule has 3 fully saturated rings. The number of nitriles is 1. The van der Waals surface area contributed by atoms with Crippen LogP contribution < -0.4 is 9.80 Å². The zero-order valence-corrected chi connectivity index (χ0v) is 24.1. The fourth-order valence-corrected chi connectivity index (χ4v) is 5.64. The minimum absolute atomic E-state index is 0.0246. The molecule has 1 aromatic carbocycles. The molecule has 3 aliphatic rings. The van der Waals surface area contributed by atoms with E-state index in [4.69, 9.17) is 18.7 Å². The second-order valence-electron chi connectivity index (χ2n) is 12.7. The van der Waals surface area contributed by atoms with Gasteiger partial charge in [0.15, 0.2) is 5.82 Å². The maximum Gasteiger partial charge on any atom is 0.416 e. The van der Waals surface area contributed by atoms with E-state index < -0.39 is 34.9 Å². The van der Waals surface area contributed by atoms with E-state index in [0.29, 0.717) is 18.8 Å². The molecule has 1 aliphatic carbocycles. The van der Waals surface area contributed by atoms with Gasteiger partial charge in [0, 0.05) is 36.7 Å². The third kappa shape index (κ3) is 5.53. The molecule has 0 radical (unpaired) electrons. The first-order valence-corrected chi connectivity index (χ1v) is 13.6. The first-order chi connectivity index (χ1) is 19.2. The highest BCUT2D eigenvalue weighted by Crippen LogP contribution is 2.63. The van der Waals surface area contributed by atoms with Crippen molar-refractivity contribution in [1.82, 2.24) is 10.1 Å². The number of amides is 3.